The maximum absolute atomic E-state index is 12.6. The molecule has 4 rings (SSSR count). The van der Waals surface area contributed by atoms with E-state index >= 15 is 0 Å². The van der Waals surface area contributed by atoms with E-state index in [9.17, 15) is 4.79 Å². The van der Waals surface area contributed by atoms with Crippen LogP contribution in [-0.2, 0) is 4.79 Å². The summed E-state index contributed by atoms with van der Waals surface area (Å²) in [6.45, 7) is 3.36. The summed E-state index contributed by atoms with van der Waals surface area (Å²) in [4.78, 5) is 21.2. The van der Waals surface area contributed by atoms with Crippen LogP contribution in [0.2, 0.25) is 0 Å². The number of carbonyl (C=O) groups is 1. The Balaban J connectivity index is 1.26. The second-order valence-corrected chi connectivity index (χ2v) is 10.4. The zero-order valence-electron chi connectivity index (χ0n) is 15.8. The SMILES string of the molecule is O=C(COc1ccc(C2SCCCS2)cc1)N1CCCN(c2nccs2)CC1. The van der Waals surface area contributed by atoms with E-state index in [-0.39, 0.29) is 12.5 Å². The molecule has 2 saturated heterocycles. The molecule has 0 bridgehead atoms. The number of aromatic nitrogens is 1. The maximum Gasteiger partial charge on any atom is 0.260 e. The zero-order chi connectivity index (χ0) is 19.2. The van der Waals surface area contributed by atoms with Crippen LogP contribution in [0.3, 0.4) is 0 Å². The van der Waals surface area contributed by atoms with Crippen LogP contribution in [0.1, 0.15) is 23.0 Å². The molecule has 28 heavy (non-hydrogen) atoms. The Kier molecular flexibility index (Phi) is 7.04. The van der Waals surface area contributed by atoms with E-state index in [2.05, 4.69) is 22.0 Å². The number of amides is 1. The third kappa shape index (κ3) is 5.15. The van der Waals surface area contributed by atoms with Crippen LogP contribution < -0.4 is 9.64 Å². The molecule has 0 saturated carbocycles. The Morgan fingerprint density at radius 2 is 1.89 bits per heavy atom. The zero-order valence-corrected chi connectivity index (χ0v) is 18.2. The fraction of sp³-hybridized carbons (Fsp3) is 0.500. The number of hydrogen-bond acceptors (Lipinski definition) is 7. The van der Waals surface area contributed by atoms with Crippen molar-refractivity contribution in [2.75, 3.05) is 49.2 Å². The number of thiazole rings is 1. The van der Waals surface area contributed by atoms with Gasteiger partial charge >= 0.3 is 0 Å². The van der Waals surface area contributed by atoms with Crippen LogP contribution in [0.5, 0.6) is 5.75 Å². The average molecular weight is 436 g/mol. The van der Waals surface area contributed by atoms with Gasteiger partial charge in [-0.3, -0.25) is 4.79 Å². The fourth-order valence-corrected chi connectivity index (χ4v) is 6.96. The first-order valence-corrected chi connectivity index (χ1v) is 12.7. The van der Waals surface area contributed by atoms with Gasteiger partial charge < -0.3 is 14.5 Å². The molecule has 0 aliphatic carbocycles. The van der Waals surface area contributed by atoms with Gasteiger partial charge in [-0.25, -0.2) is 4.98 Å². The van der Waals surface area contributed by atoms with Gasteiger partial charge in [0, 0.05) is 37.8 Å². The van der Waals surface area contributed by atoms with E-state index < -0.39 is 0 Å². The molecule has 0 unspecified atom stereocenters. The van der Waals surface area contributed by atoms with Crippen molar-refractivity contribution in [3.63, 3.8) is 0 Å². The van der Waals surface area contributed by atoms with E-state index in [1.54, 1.807) is 11.3 Å². The normalized spacial score (nSPS) is 18.7. The van der Waals surface area contributed by atoms with E-state index in [0.29, 0.717) is 4.58 Å². The average Bonchev–Trinajstić information content (AvgIpc) is 3.17. The summed E-state index contributed by atoms with van der Waals surface area (Å²) in [5.41, 5.74) is 1.34. The number of nitrogens with zero attached hydrogens (tertiary/aromatic N) is 3. The molecule has 5 nitrogen and oxygen atoms in total. The first-order valence-electron chi connectivity index (χ1n) is 9.68. The van der Waals surface area contributed by atoms with Crippen molar-refractivity contribution in [2.45, 2.75) is 17.4 Å². The molecule has 2 aliphatic rings. The second-order valence-electron chi connectivity index (χ2n) is 6.82. The number of ether oxygens (including phenoxy) is 1. The lowest BCUT2D eigenvalue weighted by atomic mass is 10.2. The molecule has 0 radical (unpaired) electrons. The maximum atomic E-state index is 12.6. The molecule has 150 valence electrons. The number of hydrogen-bond donors (Lipinski definition) is 0. The first-order chi connectivity index (χ1) is 13.8. The first kappa shape index (κ1) is 19.9. The van der Waals surface area contributed by atoms with E-state index in [4.69, 9.17) is 4.74 Å². The molecule has 3 heterocycles. The predicted molar refractivity (Wildman–Crippen MR) is 120 cm³/mol. The molecular weight excluding hydrogens is 410 g/mol. The number of rotatable bonds is 5. The summed E-state index contributed by atoms with van der Waals surface area (Å²) < 4.78 is 6.30. The minimum Gasteiger partial charge on any atom is -0.484 e. The van der Waals surface area contributed by atoms with Crippen molar-refractivity contribution in [3.05, 3.63) is 41.4 Å². The highest BCUT2D eigenvalue weighted by molar-refractivity contribution is 8.16. The standard InChI is InChI=1S/C20H25N3O2S3/c24-18(22-8-1-9-23(11-10-22)20-21-7-14-28-20)15-25-17-5-3-16(4-6-17)19-26-12-2-13-27-19/h3-7,14,19H,1-2,8-13,15H2. The molecular formula is C20H25N3O2S3. The summed E-state index contributed by atoms with van der Waals surface area (Å²) in [5, 5.41) is 3.04. The molecule has 1 aromatic heterocycles. The molecule has 2 aromatic rings. The molecule has 1 aromatic carbocycles. The topological polar surface area (TPSA) is 45.7 Å². The van der Waals surface area contributed by atoms with Gasteiger partial charge in [0.2, 0.25) is 0 Å². The number of thioether (sulfide) groups is 2. The molecule has 0 N–H and O–H groups in total. The van der Waals surface area contributed by atoms with Crippen LogP contribution in [0.4, 0.5) is 5.13 Å². The third-order valence-electron chi connectivity index (χ3n) is 4.88. The van der Waals surface area contributed by atoms with Crippen LogP contribution in [0.25, 0.3) is 0 Å². The van der Waals surface area contributed by atoms with Gasteiger partial charge in [-0.1, -0.05) is 12.1 Å². The highest BCUT2D eigenvalue weighted by Crippen LogP contribution is 2.43. The summed E-state index contributed by atoms with van der Waals surface area (Å²) >= 11 is 5.68. The minimum absolute atomic E-state index is 0.0588. The molecule has 8 heteroatoms. The lowest BCUT2D eigenvalue weighted by Gasteiger charge is -2.22. The van der Waals surface area contributed by atoms with Crippen LogP contribution in [-0.4, -0.2) is 60.1 Å². The van der Waals surface area contributed by atoms with Crippen molar-refractivity contribution in [1.29, 1.82) is 0 Å². The van der Waals surface area contributed by atoms with Gasteiger partial charge in [0.25, 0.3) is 5.91 Å². The second kappa shape index (κ2) is 9.89. The Bertz CT molecular complexity index is 749. The smallest absolute Gasteiger partial charge is 0.260 e. The van der Waals surface area contributed by atoms with Crippen molar-refractivity contribution >= 4 is 45.9 Å². The van der Waals surface area contributed by atoms with Gasteiger partial charge in [-0.2, -0.15) is 0 Å². The van der Waals surface area contributed by atoms with Gasteiger partial charge in [-0.15, -0.1) is 34.9 Å². The van der Waals surface area contributed by atoms with E-state index in [0.717, 1.165) is 43.5 Å². The minimum atomic E-state index is 0.0588. The van der Waals surface area contributed by atoms with Crippen molar-refractivity contribution in [1.82, 2.24) is 9.88 Å². The molecule has 0 spiro atoms. The number of anilines is 1. The quantitative estimate of drug-likeness (QED) is 0.704. The van der Waals surface area contributed by atoms with Crippen LogP contribution in [0.15, 0.2) is 35.8 Å². The predicted octanol–water partition coefficient (Wildman–Crippen LogP) is 4.13. The third-order valence-corrected chi connectivity index (χ3v) is 8.73. The summed E-state index contributed by atoms with van der Waals surface area (Å²) in [7, 11) is 0. The monoisotopic (exact) mass is 435 g/mol. The van der Waals surface area contributed by atoms with Gasteiger partial charge in [0.15, 0.2) is 11.7 Å². The lowest BCUT2D eigenvalue weighted by Crippen LogP contribution is -2.38. The summed E-state index contributed by atoms with van der Waals surface area (Å²) in [5.74, 6) is 3.30. The highest BCUT2D eigenvalue weighted by atomic mass is 32.2. The largest absolute Gasteiger partial charge is 0.484 e. The van der Waals surface area contributed by atoms with Gasteiger partial charge in [0.05, 0.1) is 4.58 Å². The Labute approximate surface area is 178 Å². The van der Waals surface area contributed by atoms with Crippen LogP contribution in [0, 0.1) is 0 Å². The van der Waals surface area contributed by atoms with Crippen molar-refractivity contribution < 1.29 is 9.53 Å². The van der Waals surface area contributed by atoms with E-state index in [1.807, 2.05) is 52.1 Å². The number of benzene rings is 1. The number of carbonyl (C=O) groups excluding carboxylic acids is 1. The van der Waals surface area contributed by atoms with Crippen molar-refractivity contribution in [2.24, 2.45) is 0 Å². The summed E-state index contributed by atoms with van der Waals surface area (Å²) in [6.07, 6.45) is 4.09. The molecule has 2 fully saturated rings. The van der Waals surface area contributed by atoms with Gasteiger partial charge in [0.1, 0.15) is 5.75 Å². The lowest BCUT2D eigenvalue weighted by molar-refractivity contribution is -0.133. The molecule has 1 amide bonds. The van der Waals surface area contributed by atoms with Gasteiger partial charge in [-0.05, 0) is 42.0 Å². The molecule has 2 aliphatic heterocycles. The fourth-order valence-electron chi connectivity index (χ4n) is 3.37. The Hall–Kier alpha value is -1.38. The highest BCUT2D eigenvalue weighted by Gasteiger charge is 2.21. The molecule has 0 atom stereocenters. The van der Waals surface area contributed by atoms with E-state index in [1.165, 1.54) is 23.5 Å². The van der Waals surface area contributed by atoms with Crippen LogP contribution >= 0.6 is 34.9 Å². The van der Waals surface area contributed by atoms with Crippen molar-refractivity contribution in [3.8, 4) is 5.75 Å². The Morgan fingerprint density at radius 1 is 1.07 bits per heavy atom. The summed E-state index contributed by atoms with van der Waals surface area (Å²) in [6, 6.07) is 8.25. The Morgan fingerprint density at radius 3 is 2.64 bits per heavy atom.